The number of halogens is 1. The minimum absolute atomic E-state index is 0.00856. The Hall–Kier alpha value is -0.520. The van der Waals surface area contributed by atoms with Crippen LogP contribution in [0.4, 0.5) is 0 Å². The lowest BCUT2D eigenvalue weighted by Crippen LogP contribution is -2.17. The van der Waals surface area contributed by atoms with Crippen LogP contribution < -0.4 is 5.32 Å². The van der Waals surface area contributed by atoms with Crippen LogP contribution in [-0.2, 0) is 9.84 Å². The monoisotopic (exact) mass is 265 g/mol. The maximum atomic E-state index is 11.0. The van der Waals surface area contributed by atoms with E-state index in [9.17, 15) is 8.42 Å². The lowest BCUT2D eigenvalue weighted by atomic mass is 10.1. The number of sulfone groups is 1. The molecule has 0 spiro atoms. The van der Waals surface area contributed by atoms with E-state index in [2.05, 4.69) is 5.32 Å². The predicted molar refractivity (Wildman–Crippen MR) is 64.5 cm³/mol. The molecule has 1 aromatic heterocycles. The summed E-state index contributed by atoms with van der Waals surface area (Å²) in [5, 5.41) is 3.42. The van der Waals surface area contributed by atoms with Crippen molar-refractivity contribution in [2.24, 2.45) is 0 Å². The molecule has 1 rings (SSSR count). The van der Waals surface area contributed by atoms with E-state index in [1.165, 1.54) is 6.26 Å². The molecule has 6 heteroatoms. The Morgan fingerprint density at radius 2 is 2.19 bits per heavy atom. The van der Waals surface area contributed by atoms with E-state index >= 15 is 0 Å². The highest BCUT2D eigenvalue weighted by atomic mass is 35.5. The second-order valence-electron chi connectivity index (χ2n) is 3.76. The zero-order valence-corrected chi connectivity index (χ0v) is 10.9. The summed E-state index contributed by atoms with van der Waals surface area (Å²) in [7, 11) is -1.08. The molecule has 0 aliphatic carbocycles. The second-order valence-corrected chi connectivity index (χ2v) is 6.39. The zero-order valence-electron chi connectivity index (χ0n) is 9.36. The topological polar surface area (TPSA) is 59.3 Å². The normalized spacial score (nSPS) is 13.9. The summed E-state index contributed by atoms with van der Waals surface area (Å²) in [5.41, 5.74) is 0. The molecule has 0 aliphatic rings. The molecule has 0 aliphatic heterocycles. The van der Waals surface area contributed by atoms with Gasteiger partial charge in [-0.1, -0.05) is 0 Å². The van der Waals surface area contributed by atoms with Gasteiger partial charge in [0.05, 0.1) is 6.04 Å². The van der Waals surface area contributed by atoms with Crippen molar-refractivity contribution in [1.82, 2.24) is 5.32 Å². The molecular weight excluding hydrogens is 250 g/mol. The molecule has 92 valence electrons. The van der Waals surface area contributed by atoms with Crippen LogP contribution in [-0.4, -0.2) is 27.5 Å². The molecule has 0 saturated carbocycles. The van der Waals surface area contributed by atoms with Gasteiger partial charge in [0.15, 0.2) is 5.22 Å². The van der Waals surface area contributed by atoms with E-state index in [0.717, 1.165) is 5.76 Å². The fourth-order valence-corrected chi connectivity index (χ4v) is 2.34. The molecule has 1 unspecified atom stereocenters. The Balaban J connectivity index is 2.50. The lowest BCUT2D eigenvalue weighted by molar-refractivity contribution is 0.413. The number of furan rings is 1. The van der Waals surface area contributed by atoms with Gasteiger partial charge in [-0.25, -0.2) is 8.42 Å². The molecule has 0 radical (unpaired) electrons. The molecule has 0 aromatic carbocycles. The highest BCUT2D eigenvalue weighted by molar-refractivity contribution is 7.90. The van der Waals surface area contributed by atoms with Gasteiger partial charge < -0.3 is 9.73 Å². The summed E-state index contributed by atoms with van der Waals surface area (Å²) in [6.07, 6.45) is 2.54. The minimum Gasteiger partial charge on any atom is -0.448 e. The van der Waals surface area contributed by atoms with Crippen LogP contribution in [0.1, 0.15) is 24.6 Å². The SMILES string of the molecule is CNC(CCCS(C)(=O)=O)c1ccc(Cl)o1. The van der Waals surface area contributed by atoms with Crippen LogP contribution >= 0.6 is 11.6 Å². The molecule has 0 bridgehead atoms. The molecule has 1 atom stereocenters. The summed E-state index contributed by atoms with van der Waals surface area (Å²) < 4.78 is 27.2. The van der Waals surface area contributed by atoms with Gasteiger partial charge in [-0.15, -0.1) is 0 Å². The molecule has 4 nitrogen and oxygen atoms in total. The average molecular weight is 266 g/mol. The van der Waals surface area contributed by atoms with Crippen LogP contribution in [0, 0.1) is 0 Å². The number of nitrogens with one attached hydrogen (secondary N) is 1. The van der Waals surface area contributed by atoms with Gasteiger partial charge in [0, 0.05) is 12.0 Å². The van der Waals surface area contributed by atoms with Gasteiger partial charge >= 0.3 is 0 Å². The quantitative estimate of drug-likeness (QED) is 0.855. The third kappa shape index (κ3) is 4.55. The van der Waals surface area contributed by atoms with E-state index in [1.54, 1.807) is 12.1 Å². The minimum atomic E-state index is -2.89. The molecule has 1 heterocycles. The Kier molecular flexibility index (Phi) is 4.83. The summed E-state index contributed by atoms with van der Waals surface area (Å²) in [5.74, 6) is 0.931. The predicted octanol–water partition coefficient (Wildman–Crippen LogP) is 2.02. The molecule has 0 amide bonds. The Bertz CT molecular complexity index is 427. The fraction of sp³-hybridized carbons (Fsp3) is 0.600. The molecule has 1 aromatic rings. The van der Waals surface area contributed by atoms with E-state index < -0.39 is 9.84 Å². The maximum Gasteiger partial charge on any atom is 0.193 e. The third-order valence-corrected chi connectivity index (χ3v) is 3.53. The van der Waals surface area contributed by atoms with Crippen molar-refractivity contribution in [3.05, 3.63) is 23.1 Å². The Morgan fingerprint density at radius 3 is 2.62 bits per heavy atom. The van der Waals surface area contributed by atoms with Gasteiger partial charge in [-0.3, -0.25) is 0 Å². The van der Waals surface area contributed by atoms with Crippen molar-refractivity contribution >= 4 is 21.4 Å². The van der Waals surface area contributed by atoms with Crippen LogP contribution in [0.25, 0.3) is 0 Å². The third-order valence-electron chi connectivity index (χ3n) is 2.29. The summed E-state index contributed by atoms with van der Waals surface area (Å²) in [4.78, 5) is 0. The van der Waals surface area contributed by atoms with E-state index in [1.807, 2.05) is 7.05 Å². The van der Waals surface area contributed by atoms with E-state index in [4.69, 9.17) is 16.0 Å². The van der Waals surface area contributed by atoms with Crippen LogP contribution in [0.3, 0.4) is 0 Å². The average Bonchev–Trinajstić information content (AvgIpc) is 2.58. The van der Waals surface area contributed by atoms with Gasteiger partial charge in [0.25, 0.3) is 0 Å². The Labute approximate surface area is 101 Å². The first kappa shape index (κ1) is 13.5. The number of hydrogen-bond donors (Lipinski definition) is 1. The first-order valence-electron chi connectivity index (χ1n) is 5.02. The highest BCUT2D eigenvalue weighted by Gasteiger charge is 2.14. The zero-order chi connectivity index (χ0) is 12.2. The van der Waals surface area contributed by atoms with Crippen LogP contribution in [0.2, 0.25) is 5.22 Å². The van der Waals surface area contributed by atoms with E-state index in [0.29, 0.717) is 18.1 Å². The van der Waals surface area contributed by atoms with Crippen LogP contribution in [0.15, 0.2) is 16.5 Å². The summed E-state index contributed by atoms with van der Waals surface area (Å²) in [6, 6.07) is 3.48. The van der Waals surface area contributed by atoms with Crippen molar-refractivity contribution in [2.45, 2.75) is 18.9 Å². The van der Waals surface area contributed by atoms with Gasteiger partial charge in [-0.05, 0) is 43.6 Å². The maximum absolute atomic E-state index is 11.0. The van der Waals surface area contributed by atoms with Crippen molar-refractivity contribution < 1.29 is 12.8 Å². The first-order chi connectivity index (χ1) is 7.42. The molecular formula is C10H16ClNO3S. The van der Waals surface area contributed by atoms with Crippen molar-refractivity contribution in [3.63, 3.8) is 0 Å². The molecule has 1 N–H and O–H groups in total. The van der Waals surface area contributed by atoms with Gasteiger partial charge in [0.1, 0.15) is 15.6 Å². The second kappa shape index (κ2) is 5.70. The number of hydrogen-bond acceptors (Lipinski definition) is 4. The van der Waals surface area contributed by atoms with Crippen molar-refractivity contribution in [2.75, 3.05) is 19.1 Å². The number of rotatable bonds is 6. The largest absolute Gasteiger partial charge is 0.448 e. The Morgan fingerprint density at radius 1 is 1.50 bits per heavy atom. The van der Waals surface area contributed by atoms with Crippen LogP contribution in [0.5, 0.6) is 0 Å². The summed E-state index contributed by atoms with van der Waals surface area (Å²) in [6.45, 7) is 0. The molecule has 16 heavy (non-hydrogen) atoms. The first-order valence-corrected chi connectivity index (χ1v) is 7.46. The summed E-state index contributed by atoms with van der Waals surface area (Å²) >= 11 is 5.68. The smallest absolute Gasteiger partial charge is 0.193 e. The standard InChI is InChI=1S/C10H16ClNO3S/c1-12-8(4-3-7-16(2,13)14)9-5-6-10(11)15-9/h5-6,8,12H,3-4,7H2,1-2H3. The van der Waals surface area contributed by atoms with Crippen molar-refractivity contribution in [3.8, 4) is 0 Å². The molecule has 0 saturated heterocycles. The fourth-order valence-electron chi connectivity index (χ4n) is 1.49. The van der Waals surface area contributed by atoms with Crippen molar-refractivity contribution in [1.29, 1.82) is 0 Å². The van der Waals surface area contributed by atoms with Gasteiger partial charge in [0.2, 0.25) is 0 Å². The molecule has 0 fully saturated rings. The van der Waals surface area contributed by atoms with E-state index in [-0.39, 0.29) is 11.8 Å². The highest BCUT2D eigenvalue weighted by Crippen LogP contribution is 2.23. The lowest BCUT2D eigenvalue weighted by Gasteiger charge is -2.12. The van der Waals surface area contributed by atoms with Gasteiger partial charge in [-0.2, -0.15) is 0 Å².